The third kappa shape index (κ3) is 4.72. The Hall–Kier alpha value is -2.52. The monoisotopic (exact) mass is 449 g/mol. The van der Waals surface area contributed by atoms with Gasteiger partial charge in [-0.2, -0.15) is 4.31 Å². The van der Waals surface area contributed by atoms with Gasteiger partial charge in [-0.15, -0.1) is 0 Å². The first kappa shape index (κ1) is 21.7. The topological polar surface area (TPSA) is 60.9 Å². The summed E-state index contributed by atoms with van der Waals surface area (Å²) in [7, 11) is -3.69. The van der Waals surface area contributed by atoms with Gasteiger partial charge in [0.1, 0.15) is 11.6 Å². The average Bonchev–Trinajstić information content (AvgIpc) is 2.80. The van der Waals surface area contributed by atoms with Crippen molar-refractivity contribution in [1.82, 2.24) is 9.21 Å². The summed E-state index contributed by atoms with van der Waals surface area (Å²) in [6, 6.07) is 11.1. The number of rotatable bonds is 4. The molecule has 0 radical (unpaired) electrons. The molecular weight excluding hydrogens is 424 g/mol. The van der Waals surface area contributed by atoms with E-state index >= 15 is 0 Å². The lowest BCUT2D eigenvalue weighted by molar-refractivity contribution is -0.137. The second-order valence-electron chi connectivity index (χ2n) is 7.92. The zero-order chi connectivity index (χ0) is 22.0. The van der Waals surface area contributed by atoms with Crippen LogP contribution in [0.5, 0.6) is 0 Å². The molecule has 0 bridgehead atoms. The van der Waals surface area contributed by atoms with E-state index in [0.29, 0.717) is 39.0 Å². The smallest absolute Gasteiger partial charge is 0.243 e. The van der Waals surface area contributed by atoms with Crippen molar-refractivity contribution in [2.45, 2.75) is 17.7 Å². The van der Waals surface area contributed by atoms with Gasteiger partial charge in [0.2, 0.25) is 15.9 Å². The molecule has 2 heterocycles. The molecule has 0 unspecified atom stereocenters. The minimum Gasteiger partial charge on any atom is -0.368 e. The second kappa shape index (κ2) is 8.92. The molecule has 9 heteroatoms. The fraction of sp³-hybridized carbons (Fsp3) is 0.409. The van der Waals surface area contributed by atoms with E-state index in [9.17, 15) is 22.0 Å². The van der Waals surface area contributed by atoms with Crippen molar-refractivity contribution in [1.29, 1.82) is 0 Å². The van der Waals surface area contributed by atoms with E-state index in [0.717, 1.165) is 17.8 Å². The Morgan fingerprint density at radius 2 is 1.29 bits per heavy atom. The van der Waals surface area contributed by atoms with Crippen LogP contribution in [0.3, 0.4) is 0 Å². The highest BCUT2D eigenvalue weighted by Gasteiger charge is 2.34. The molecule has 31 heavy (non-hydrogen) atoms. The molecule has 2 aromatic carbocycles. The summed E-state index contributed by atoms with van der Waals surface area (Å²) in [5.74, 6) is -0.886. The zero-order valence-electron chi connectivity index (χ0n) is 17.1. The van der Waals surface area contributed by atoms with Crippen molar-refractivity contribution in [3.63, 3.8) is 0 Å². The van der Waals surface area contributed by atoms with Crippen LogP contribution in [0.15, 0.2) is 53.4 Å². The molecule has 2 saturated heterocycles. The Morgan fingerprint density at radius 3 is 1.84 bits per heavy atom. The predicted octanol–water partition coefficient (Wildman–Crippen LogP) is 2.71. The highest BCUT2D eigenvalue weighted by Crippen LogP contribution is 2.26. The van der Waals surface area contributed by atoms with Crippen molar-refractivity contribution in [3.05, 3.63) is 60.2 Å². The Bertz CT molecular complexity index is 1010. The van der Waals surface area contributed by atoms with E-state index in [4.69, 9.17) is 0 Å². The average molecular weight is 450 g/mol. The fourth-order valence-corrected chi connectivity index (χ4v) is 5.66. The Balaban J connectivity index is 1.30. The van der Waals surface area contributed by atoms with Crippen molar-refractivity contribution in [2.75, 3.05) is 44.2 Å². The molecular formula is C22H25F2N3O3S. The number of carbonyl (C=O) groups excluding carboxylic acids is 1. The number of halogens is 2. The van der Waals surface area contributed by atoms with Crippen LogP contribution >= 0.6 is 0 Å². The largest absolute Gasteiger partial charge is 0.368 e. The van der Waals surface area contributed by atoms with Crippen molar-refractivity contribution >= 4 is 21.6 Å². The van der Waals surface area contributed by atoms with Crippen molar-refractivity contribution in [2.24, 2.45) is 5.92 Å². The molecule has 6 nitrogen and oxygen atoms in total. The summed E-state index contributed by atoms with van der Waals surface area (Å²) in [4.78, 5) is 17.0. The molecule has 166 valence electrons. The Labute approximate surface area is 181 Å². The van der Waals surface area contributed by atoms with Crippen LogP contribution in [0.2, 0.25) is 0 Å². The van der Waals surface area contributed by atoms with Gasteiger partial charge in [-0.05, 0) is 61.4 Å². The van der Waals surface area contributed by atoms with E-state index < -0.39 is 15.8 Å². The van der Waals surface area contributed by atoms with Crippen LogP contribution in [-0.4, -0.2) is 62.8 Å². The molecule has 2 fully saturated rings. The quantitative estimate of drug-likeness (QED) is 0.720. The first-order valence-corrected chi connectivity index (χ1v) is 11.8. The second-order valence-corrected chi connectivity index (χ2v) is 9.86. The van der Waals surface area contributed by atoms with E-state index in [1.807, 2.05) is 4.90 Å². The molecule has 2 aliphatic rings. The molecule has 0 spiro atoms. The first-order valence-electron chi connectivity index (χ1n) is 10.4. The van der Waals surface area contributed by atoms with Gasteiger partial charge in [0.05, 0.1) is 4.90 Å². The number of sulfonamides is 1. The van der Waals surface area contributed by atoms with Crippen molar-refractivity contribution in [3.8, 4) is 0 Å². The van der Waals surface area contributed by atoms with E-state index in [-0.39, 0.29) is 35.6 Å². The summed E-state index contributed by atoms with van der Waals surface area (Å²) in [6.45, 7) is 3.07. The number of anilines is 1. The minimum atomic E-state index is -3.69. The number of hydrogen-bond acceptors (Lipinski definition) is 4. The van der Waals surface area contributed by atoms with Gasteiger partial charge < -0.3 is 9.80 Å². The molecule has 2 aromatic rings. The summed E-state index contributed by atoms with van der Waals surface area (Å²) in [5.41, 5.74) is 0.938. The van der Waals surface area contributed by atoms with Gasteiger partial charge >= 0.3 is 0 Å². The Kier molecular flexibility index (Phi) is 6.24. The molecule has 2 aliphatic heterocycles. The van der Waals surface area contributed by atoms with E-state index in [1.54, 1.807) is 12.1 Å². The van der Waals surface area contributed by atoms with Crippen LogP contribution in [0.4, 0.5) is 14.5 Å². The number of benzene rings is 2. The van der Waals surface area contributed by atoms with Gasteiger partial charge in [0.25, 0.3) is 0 Å². The van der Waals surface area contributed by atoms with Crippen LogP contribution < -0.4 is 4.90 Å². The predicted molar refractivity (Wildman–Crippen MR) is 113 cm³/mol. The number of piperazine rings is 1. The lowest BCUT2D eigenvalue weighted by Gasteiger charge is -2.39. The summed E-state index contributed by atoms with van der Waals surface area (Å²) < 4.78 is 53.1. The maximum absolute atomic E-state index is 13.1. The highest BCUT2D eigenvalue weighted by atomic mass is 32.2. The highest BCUT2D eigenvalue weighted by molar-refractivity contribution is 7.89. The van der Waals surface area contributed by atoms with E-state index in [1.165, 1.54) is 28.6 Å². The lowest BCUT2D eigenvalue weighted by atomic mass is 9.96. The van der Waals surface area contributed by atoms with Gasteiger partial charge in [0, 0.05) is 50.9 Å². The SMILES string of the molecule is O=C(C1CCN(S(=O)(=O)c2ccc(F)cc2)CC1)N1CCN(c2ccc(F)cc2)CC1. The first-order chi connectivity index (χ1) is 14.8. The molecule has 4 rings (SSSR count). The zero-order valence-corrected chi connectivity index (χ0v) is 17.9. The number of piperidine rings is 1. The van der Waals surface area contributed by atoms with Crippen molar-refractivity contribution < 1.29 is 22.0 Å². The molecule has 0 atom stereocenters. The fourth-order valence-electron chi connectivity index (χ4n) is 4.19. The maximum Gasteiger partial charge on any atom is 0.243 e. The number of hydrogen-bond donors (Lipinski definition) is 0. The summed E-state index contributed by atoms with van der Waals surface area (Å²) in [5, 5.41) is 0. The van der Waals surface area contributed by atoms with Gasteiger partial charge in [-0.1, -0.05) is 0 Å². The van der Waals surface area contributed by atoms with Crippen LogP contribution in [-0.2, 0) is 14.8 Å². The van der Waals surface area contributed by atoms with Crippen LogP contribution in [0.25, 0.3) is 0 Å². The minimum absolute atomic E-state index is 0.0654. The molecule has 1 amide bonds. The third-order valence-electron chi connectivity index (χ3n) is 6.04. The standard InChI is InChI=1S/C22H25F2N3O3S/c23-18-1-5-20(6-2-18)25-13-15-26(16-14-25)22(28)17-9-11-27(12-10-17)31(29,30)21-7-3-19(24)4-8-21/h1-8,17H,9-16H2. The number of carbonyl (C=O) groups is 1. The number of amides is 1. The normalized spacial score (nSPS) is 18.9. The number of nitrogens with zero attached hydrogens (tertiary/aromatic N) is 3. The van der Waals surface area contributed by atoms with E-state index in [2.05, 4.69) is 4.90 Å². The van der Waals surface area contributed by atoms with Gasteiger partial charge in [-0.25, -0.2) is 17.2 Å². The summed E-state index contributed by atoms with van der Waals surface area (Å²) in [6.07, 6.45) is 0.939. The summed E-state index contributed by atoms with van der Waals surface area (Å²) >= 11 is 0. The lowest BCUT2D eigenvalue weighted by Crippen LogP contribution is -2.52. The maximum atomic E-state index is 13.1. The van der Waals surface area contributed by atoms with Gasteiger partial charge in [-0.3, -0.25) is 4.79 Å². The molecule has 0 aromatic heterocycles. The molecule has 0 aliphatic carbocycles. The Morgan fingerprint density at radius 1 is 0.774 bits per heavy atom. The molecule has 0 N–H and O–H groups in total. The third-order valence-corrected chi connectivity index (χ3v) is 7.95. The molecule has 0 saturated carbocycles. The van der Waals surface area contributed by atoms with Crippen LogP contribution in [0, 0.1) is 17.6 Å². The van der Waals surface area contributed by atoms with Gasteiger partial charge in [0.15, 0.2) is 0 Å². The van der Waals surface area contributed by atoms with Crippen LogP contribution in [0.1, 0.15) is 12.8 Å².